The number of nitrogens with zero attached hydrogens (tertiary/aromatic N) is 4. The molecule has 3 atom stereocenters. The normalized spacial score (nSPS) is 22.7. The molecule has 4 N–H and O–H groups in total. The van der Waals surface area contributed by atoms with Gasteiger partial charge >= 0.3 is 0 Å². The third kappa shape index (κ3) is 4.95. The van der Waals surface area contributed by atoms with Crippen LogP contribution in [0.5, 0.6) is 0 Å². The molecule has 3 fully saturated rings. The second kappa shape index (κ2) is 9.39. The molecule has 0 saturated heterocycles. The number of hydrogen-bond donors (Lipinski definition) is 3. The Hall–Kier alpha value is -2.90. The summed E-state index contributed by atoms with van der Waals surface area (Å²) in [6.45, 7) is 12.8. The molecule has 1 amide bonds. The third-order valence-electron chi connectivity index (χ3n) is 7.91. The molecular weight excluding hydrogens is 426 g/mol. The van der Waals surface area contributed by atoms with Crippen molar-refractivity contribution in [3.63, 3.8) is 0 Å². The molecule has 0 spiro atoms. The first-order chi connectivity index (χ1) is 16.0. The number of carbonyl (C=O) groups is 1. The quantitative estimate of drug-likeness (QED) is 0.496. The molecule has 3 aliphatic carbocycles. The number of nitrogens with two attached hydrogens (primary N) is 1. The summed E-state index contributed by atoms with van der Waals surface area (Å²) in [5.74, 6) is 3.97. The Kier molecular flexibility index (Phi) is 6.69. The first-order valence-electron chi connectivity index (χ1n) is 12.4. The molecule has 8 heteroatoms. The van der Waals surface area contributed by atoms with E-state index in [0.29, 0.717) is 40.7 Å². The zero-order chi connectivity index (χ0) is 24.6. The molecule has 34 heavy (non-hydrogen) atoms. The molecule has 0 radical (unpaired) electrons. The standard InChI is InChI=1S/C26H39N7O/c1-15(2)14-33(6)25-31-23(28-13-17-10-18-12-19(11-17)26(18,4)5)30-24(32-25)29-21-9-7-8-20(16(21)3)22(27)34/h7-9,15,17-19H,10-14H2,1-6H3,(H2,27,34)(H2,28,29,30,31,32)/t17?,18-,19+. The van der Waals surface area contributed by atoms with Gasteiger partial charge in [0.25, 0.3) is 0 Å². The Morgan fingerprint density at radius 1 is 1.15 bits per heavy atom. The zero-order valence-electron chi connectivity index (χ0n) is 21.4. The minimum Gasteiger partial charge on any atom is -0.366 e. The molecule has 1 heterocycles. The molecule has 3 saturated carbocycles. The molecular formula is C26H39N7O. The summed E-state index contributed by atoms with van der Waals surface area (Å²) in [6, 6.07) is 5.42. The zero-order valence-corrected chi connectivity index (χ0v) is 21.4. The van der Waals surface area contributed by atoms with E-state index in [9.17, 15) is 4.79 Å². The Morgan fingerprint density at radius 3 is 2.44 bits per heavy atom. The molecule has 3 aliphatic rings. The van der Waals surface area contributed by atoms with Gasteiger partial charge in [-0.2, -0.15) is 15.0 Å². The van der Waals surface area contributed by atoms with Crippen LogP contribution in [0.1, 0.15) is 62.9 Å². The van der Waals surface area contributed by atoms with Crippen LogP contribution in [0.25, 0.3) is 0 Å². The average molecular weight is 466 g/mol. The maximum absolute atomic E-state index is 11.8. The van der Waals surface area contributed by atoms with E-state index in [2.05, 4.69) is 48.3 Å². The second-order valence-electron chi connectivity index (χ2n) is 11.2. The van der Waals surface area contributed by atoms with Gasteiger partial charge in [-0.3, -0.25) is 4.79 Å². The predicted octanol–water partition coefficient (Wildman–Crippen LogP) is 4.60. The van der Waals surface area contributed by atoms with Crippen molar-refractivity contribution in [2.45, 2.75) is 53.9 Å². The van der Waals surface area contributed by atoms with E-state index in [1.807, 2.05) is 24.9 Å². The molecule has 8 nitrogen and oxygen atoms in total. The van der Waals surface area contributed by atoms with Crippen molar-refractivity contribution in [1.29, 1.82) is 0 Å². The maximum atomic E-state index is 11.8. The second-order valence-corrected chi connectivity index (χ2v) is 11.2. The summed E-state index contributed by atoms with van der Waals surface area (Å²) in [6.07, 6.45) is 3.93. The molecule has 1 unspecified atom stereocenters. The van der Waals surface area contributed by atoms with Crippen molar-refractivity contribution in [2.24, 2.45) is 34.8 Å². The number of rotatable bonds is 9. The highest BCUT2D eigenvalue weighted by Crippen LogP contribution is 2.60. The summed E-state index contributed by atoms with van der Waals surface area (Å²) in [5, 5.41) is 6.78. The van der Waals surface area contributed by atoms with Crippen LogP contribution in [0, 0.1) is 36.0 Å². The number of aromatic nitrogens is 3. The van der Waals surface area contributed by atoms with Gasteiger partial charge in [0.05, 0.1) is 0 Å². The number of primary amides is 1. The van der Waals surface area contributed by atoms with Gasteiger partial charge in [0.2, 0.25) is 23.8 Å². The van der Waals surface area contributed by atoms with Crippen LogP contribution in [-0.4, -0.2) is 41.0 Å². The van der Waals surface area contributed by atoms with E-state index in [1.165, 1.54) is 19.3 Å². The highest BCUT2D eigenvalue weighted by molar-refractivity contribution is 5.95. The monoisotopic (exact) mass is 465 g/mol. The van der Waals surface area contributed by atoms with E-state index in [1.54, 1.807) is 12.1 Å². The summed E-state index contributed by atoms with van der Waals surface area (Å²) in [7, 11) is 2.00. The highest BCUT2D eigenvalue weighted by Gasteiger charge is 2.52. The van der Waals surface area contributed by atoms with Crippen LogP contribution in [0.2, 0.25) is 0 Å². The lowest BCUT2D eigenvalue weighted by Gasteiger charge is -2.59. The summed E-state index contributed by atoms with van der Waals surface area (Å²) in [4.78, 5) is 27.9. The number of carbonyl (C=O) groups excluding carboxylic acids is 1. The van der Waals surface area contributed by atoms with Gasteiger partial charge in [0.15, 0.2) is 0 Å². The average Bonchev–Trinajstić information content (AvgIpc) is 2.78. The van der Waals surface area contributed by atoms with Gasteiger partial charge in [-0.05, 0) is 73.0 Å². The first-order valence-corrected chi connectivity index (χ1v) is 12.4. The van der Waals surface area contributed by atoms with Gasteiger partial charge in [-0.15, -0.1) is 0 Å². The fourth-order valence-corrected chi connectivity index (χ4v) is 5.69. The van der Waals surface area contributed by atoms with Gasteiger partial charge in [0.1, 0.15) is 0 Å². The van der Waals surface area contributed by atoms with Gasteiger partial charge in [-0.1, -0.05) is 33.8 Å². The topological polar surface area (TPSA) is 109 Å². The third-order valence-corrected chi connectivity index (χ3v) is 7.91. The van der Waals surface area contributed by atoms with Crippen molar-refractivity contribution >= 4 is 29.4 Å². The number of benzene rings is 1. The van der Waals surface area contributed by atoms with Crippen LogP contribution in [0.4, 0.5) is 23.5 Å². The van der Waals surface area contributed by atoms with Crippen molar-refractivity contribution in [1.82, 2.24) is 15.0 Å². The van der Waals surface area contributed by atoms with Crippen molar-refractivity contribution in [3.05, 3.63) is 29.3 Å². The summed E-state index contributed by atoms with van der Waals surface area (Å²) in [5.41, 5.74) is 8.03. The van der Waals surface area contributed by atoms with Crippen molar-refractivity contribution < 1.29 is 4.79 Å². The van der Waals surface area contributed by atoms with Gasteiger partial charge < -0.3 is 21.3 Å². The largest absolute Gasteiger partial charge is 0.366 e. The molecule has 1 aromatic heterocycles. The molecule has 1 aromatic carbocycles. The Morgan fingerprint density at radius 2 is 1.82 bits per heavy atom. The fraction of sp³-hybridized carbons (Fsp3) is 0.615. The molecule has 184 valence electrons. The lowest BCUT2D eigenvalue weighted by molar-refractivity contribution is -0.0870. The first kappa shape index (κ1) is 24.2. The van der Waals surface area contributed by atoms with Crippen LogP contribution in [-0.2, 0) is 0 Å². The van der Waals surface area contributed by atoms with Crippen LogP contribution in [0.15, 0.2) is 18.2 Å². The Bertz CT molecular complexity index is 1040. The molecule has 5 rings (SSSR count). The minimum absolute atomic E-state index is 0.445. The van der Waals surface area contributed by atoms with Crippen molar-refractivity contribution in [3.8, 4) is 0 Å². The fourth-order valence-electron chi connectivity index (χ4n) is 5.69. The number of nitrogens with one attached hydrogen (secondary N) is 2. The number of anilines is 4. The Balaban J connectivity index is 1.54. The van der Waals surface area contributed by atoms with Crippen LogP contribution >= 0.6 is 0 Å². The highest BCUT2D eigenvalue weighted by atomic mass is 16.1. The van der Waals surface area contributed by atoms with E-state index in [-0.39, 0.29) is 0 Å². The van der Waals surface area contributed by atoms with Gasteiger partial charge in [0, 0.05) is 31.4 Å². The van der Waals surface area contributed by atoms with Crippen LogP contribution < -0.4 is 21.3 Å². The summed E-state index contributed by atoms with van der Waals surface area (Å²) < 4.78 is 0. The number of hydrogen-bond acceptors (Lipinski definition) is 7. The maximum Gasteiger partial charge on any atom is 0.249 e. The number of fused-ring (bicyclic) bond motifs is 2. The Labute approximate surface area is 203 Å². The van der Waals surface area contributed by atoms with E-state index >= 15 is 0 Å². The van der Waals surface area contributed by atoms with Gasteiger partial charge in [-0.25, -0.2) is 0 Å². The lowest BCUT2D eigenvalue weighted by Crippen LogP contribution is -2.51. The SMILES string of the molecule is Cc1c(Nc2nc(NCC3C[C@@H]4C[C@H](C3)C4(C)C)nc(N(C)CC(C)C)n2)cccc1C(N)=O. The molecule has 0 aliphatic heterocycles. The molecule has 2 bridgehead atoms. The summed E-state index contributed by atoms with van der Waals surface area (Å²) >= 11 is 0. The van der Waals surface area contributed by atoms with E-state index < -0.39 is 5.91 Å². The van der Waals surface area contributed by atoms with Crippen molar-refractivity contribution in [2.75, 3.05) is 35.7 Å². The van der Waals surface area contributed by atoms with E-state index in [4.69, 9.17) is 10.7 Å². The lowest BCUT2D eigenvalue weighted by atomic mass is 9.47. The predicted molar refractivity (Wildman–Crippen MR) is 138 cm³/mol. The van der Waals surface area contributed by atoms with Crippen LogP contribution in [0.3, 0.4) is 0 Å². The van der Waals surface area contributed by atoms with E-state index in [0.717, 1.165) is 36.2 Å². The number of amides is 1. The smallest absolute Gasteiger partial charge is 0.249 e. The minimum atomic E-state index is -0.454. The molecule has 2 aromatic rings.